The Morgan fingerprint density at radius 2 is 1.77 bits per heavy atom. The Labute approximate surface area is 205 Å². The topological polar surface area (TPSA) is 109 Å². The number of nitrogens with one attached hydrogen (secondary N) is 3. The van der Waals surface area contributed by atoms with Gasteiger partial charge in [-0.25, -0.2) is 4.79 Å². The van der Waals surface area contributed by atoms with Crippen molar-refractivity contribution in [2.45, 2.75) is 58.2 Å². The van der Waals surface area contributed by atoms with Crippen molar-refractivity contribution in [2.24, 2.45) is 0 Å². The second kappa shape index (κ2) is 10.7. The quantitative estimate of drug-likeness (QED) is 0.525. The Morgan fingerprint density at radius 1 is 1.03 bits per heavy atom. The summed E-state index contributed by atoms with van der Waals surface area (Å²) in [5.74, 6) is 0.916. The first-order valence-electron chi connectivity index (χ1n) is 11.9. The van der Waals surface area contributed by atoms with E-state index in [1.165, 1.54) is 26.7 Å². The van der Waals surface area contributed by atoms with Gasteiger partial charge in [0.2, 0.25) is 11.8 Å². The average molecular weight is 481 g/mol. The van der Waals surface area contributed by atoms with Crippen molar-refractivity contribution >= 4 is 29.2 Å². The Hall–Kier alpha value is -3.75. The Bertz CT molecular complexity index is 1110. The summed E-state index contributed by atoms with van der Waals surface area (Å²) in [5, 5.41) is 8.46. The van der Waals surface area contributed by atoms with Gasteiger partial charge in [-0.2, -0.15) is 0 Å². The van der Waals surface area contributed by atoms with E-state index in [0.717, 1.165) is 24.0 Å². The zero-order valence-electron chi connectivity index (χ0n) is 20.3. The number of carbonyl (C=O) groups excluding carboxylic acids is 3. The molecule has 1 atom stereocenters. The molecule has 1 heterocycles. The molecule has 1 saturated carbocycles. The van der Waals surface area contributed by atoms with Crippen molar-refractivity contribution in [2.75, 3.05) is 24.3 Å². The van der Waals surface area contributed by atoms with E-state index in [0.29, 0.717) is 29.4 Å². The molecule has 2 aliphatic rings. The molecule has 2 aromatic rings. The summed E-state index contributed by atoms with van der Waals surface area (Å²) in [6.45, 7) is 3.57. The first-order valence-corrected chi connectivity index (χ1v) is 11.9. The fourth-order valence-corrected chi connectivity index (χ4v) is 4.68. The van der Waals surface area contributed by atoms with Gasteiger partial charge in [0, 0.05) is 31.8 Å². The molecular formula is C26H32N4O5. The molecule has 9 nitrogen and oxygen atoms in total. The maximum atomic E-state index is 12.8. The minimum absolute atomic E-state index is 0.181. The third-order valence-electron chi connectivity index (χ3n) is 6.33. The highest BCUT2D eigenvalue weighted by Gasteiger charge is 2.33. The number of ether oxygens (including phenoxy) is 2. The molecule has 0 spiro atoms. The summed E-state index contributed by atoms with van der Waals surface area (Å²) in [4.78, 5) is 37.8. The van der Waals surface area contributed by atoms with Crippen molar-refractivity contribution in [3.63, 3.8) is 0 Å². The molecule has 1 aliphatic heterocycles. The van der Waals surface area contributed by atoms with Crippen LogP contribution in [0.3, 0.4) is 0 Å². The van der Waals surface area contributed by atoms with Crippen molar-refractivity contribution in [1.82, 2.24) is 10.2 Å². The van der Waals surface area contributed by atoms with Crippen LogP contribution in [0.2, 0.25) is 0 Å². The lowest BCUT2D eigenvalue weighted by Crippen LogP contribution is -2.30. The summed E-state index contributed by atoms with van der Waals surface area (Å²) in [6.07, 6.45) is 4.57. The molecule has 35 heavy (non-hydrogen) atoms. The minimum atomic E-state index is -0.238. The first kappa shape index (κ1) is 24.4. The van der Waals surface area contributed by atoms with Gasteiger partial charge >= 0.3 is 6.03 Å². The predicted octanol–water partition coefficient (Wildman–Crippen LogP) is 4.20. The van der Waals surface area contributed by atoms with Crippen molar-refractivity contribution in [1.29, 1.82) is 0 Å². The number of nitrogens with zero attached hydrogens (tertiary/aromatic N) is 1. The third-order valence-corrected chi connectivity index (χ3v) is 6.33. The molecule has 0 radical (unpaired) electrons. The highest BCUT2D eigenvalue weighted by atomic mass is 16.5. The van der Waals surface area contributed by atoms with Crippen molar-refractivity contribution in [3.8, 4) is 11.5 Å². The minimum Gasteiger partial charge on any atom is -0.493 e. The van der Waals surface area contributed by atoms with Gasteiger partial charge in [0.15, 0.2) is 11.5 Å². The van der Waals surface area contributed by atoms with Crippen LogP contribution in [0.1, 0.15) is 56.7 Å². The SMILES string of the molecule is COc1ccc([C@@H]2CNC(=O)N2Cc2ccc(NC(C)=O)cc2NC(C)=O)cc1OC1CCCC1. The van der Waals surface area contributed by atoms with Gasteiger partial charge in [-0.1, -0.05) is 12.1 Å². The zero-order valence-corrected chi connectivity index (χ0v) is 20.3. The average Bonchev–Trinajstić information content (AvgIpc) is 3.44. The van der Waals surface area contributed by atoms with Gasteiger partial charge in [0.1, 0.15) is 0 Å². The molecule has 1 aliphatic carbocycles. The maximum absolute atomic E-state index is 12.8. The van der Waals surface area contributed by atoms with Crippen LogP contribution in [0.15, 0.2) is 36.4 Å². The Kier molecular flexibility index (Phi) is 7.43. The van der Waals surface area contributed by atoms with E-state index in [2.05, 4.69) is 16.0 Å². The lowest BCUT2D eigenvalue weighted by Gasteiger charge is -2.26. The summed E-state index contributed by atoms with van der Waals surface area (Å²) >= 11 is 0. The molecular weight excluding hydrogens is 448 g/mol. The van der Waals surface area contributed by atoms with E-state index >= 15 is 0 Å². The number of hydrogen-bond donors (Lipinski definition) is 3. The van der Waals surface area contributed by atoms with Gasteiger partial charge in [-0.15, -0.1) is 0 Å². The van der Waals surface area contributed by atoms with E-state index in [9.17, 15) is 14.4 Å². The van der Waals surface area contributed by atoms with Crippen LogP contribution in [-0.4, -0.2) is 42.5 Å². The Balaban J connectivity index is 1.60. The highest BCUT2D eigenvalue weighted by molar-refractivity contribution is 5.93. The molecule has 1 saturated heterocycles. The largest absolute Gasteiger partial charge is 0.493 e. The molecule has 4 amide bonds. The van der Waals surface area contributed by atoms with Crippen LogP contribution in [-0.2, 0) is 16.1 Å². The lowest BCUT2D eigenvalue weighted by molar-refractivity contribution is -0.115. The van der Waals surface area contributed by atoms with Gasteiger partial charge in [0.05, 0.1) is 25.8 Å². The summed E-state index contributed by atoms with van der Waals surface area (Å²) < 4.78 is 11.8. The van der Waals surface area contributed by atoms with E-state index < -0.39 is 0 Å². The monoisotopic (exact) mass is 480 g/mol. The number of benzene rings is 2. The summed E-state index contributed by atoms with van der Waals surface area (Å²) in [6, 6.07) is 10.6. The second-order valence-electron chi connectivity index (χ2n) is 9.00. The standard InChI is InChI=1S/C26H32N4O5/c1-16(31)28-20-10-8-19(22(13-20)29-17(2)32)15-30-23(14-27-26(30)33)18-9-11-24(34-3)25(12-18)35-21-6-4-5-7-21/h8-13,21,23H,4-7,14-15H2,1-3H3,(H,27,33)(H,28,31)(H,29,32)/t23-/m0/s1. The van der Waals surface area contributed by atoms with E-state index in [1.807, 2.05) is 24.3 Å². The number of methoxy groups -OCH3 is 1. The van der Waals surface area contributed by atoms with Crippen LogP contribution in [0.4, 0.5) is 16.2 Å². The van der Waals surface area contributed by atoms with Crippen LogP contribution < -0.4 is 25.4 Å². The van der Waals surface area contributed by atoms with E-state index in [1.54, 1.807) is 24.1 Å². The van der Waals surface area contributed by atoms with E-state index in [4.69, 9.17) is 9.47 Å². The van der Waals surface area contributed by atoms with Gasteiger partial charge in [-0.3, -0.25) is 9.59 Å². The summed E-state index contributed by atoms with van der Waals surface area (Å²) in [7, 11) is 1.62. The first-order chi connectivity index (χ1) is 16.8. The molecule has 4 rings (SSSR count). The predicted molar refractivity (Wildman–Crippen MR) is 133 cm³/mol. The molecule has 9 heteroatoms. The number of amides is 4. The number of anilines is 2. The second-order valence-corrected chi connectivity index (χ2v) is 9.00. The molecule has 0 aromatic heterocycles. The molecule has 2 fully saturated rings. The maximum Gasteiger partial charge on any atom is 0.318 e. The number of rotatable bonds is 8. The van der Waals surface area contributed by atoms with Crippen LogP contribution >= 0.6 is 0 Å². The van der Waals surface area contributed by atoms with Gasteiger partial charge in [0.25, 0.3) is 0 Å². The fourth-order valence-electron chi connectivity index (χ4n) is 4.68. The fraction of sp³-hybridized carbons (Fsp3) is 0.423. The third kappa shape index (κ3) is 5.85. The van der Waals surface area contributed by atoms with Crippen LogP contribution in [0.5, 0.6) is 11.5 Å². The summed E-state index contributed by atoms with van der Waals surface area (Å²) in [5.41, 5.74) is 2.80. The normalized spacial score (nSPS) is 17.7. The lowest BCUT2D eigenvalue weighted by atomic mass is 10.0. The Morgan fingerprint density at radius 3 is 2.46 bits per heavy atom. The van der Waals surface area contributed by atoms with Gasteiger partial charge < -0.3 is 30.3 Å². The molecule has 0 unspecified atom stereocenters. The molecule has 2 aromatic carbocycles. The zero-order chi connectivity index (χ0) is 24.9. The van der Waals surface area contributed by atoms with Crippen molar-refractivity contribution < 1.29 is 23.9 Å². The highest BCUT2D eigenvalue weighted by Crippen LogP contribution is 2.37. The number of urea groups is 1. The van der Waals surface area contributed by atoms with Crippen molar-refractivity contribution in [3.05, 3.63) is 47.5 Å². The van der Waals surface area contributed by atoms with Crippen LogP contribution in [0.25, 0.3) is 0 Å². The molecule has 0 bridgehead atoms. The number of carbonyl (C=O) groups is 3. The van der Waals surface area contributed by atoms with E-state index in [-0.39, 0.29) is 36.5 Å². The number of hydrogen-bond acceptors (Lipinski definition) is 5. The van der Waals surface area contributed by atoms with Gasteiger partial charge in [-0.05, 0) is 61.1 Å². The molecule has 186 valence electrons. The smallest absolute Gasteiger partial charge is 0.318 e. The molecule has 3 N–H and O–H groups in total. The van der Waals surface area contributed by atoms with Crippen LogP contribution in [0, 0.1) is 0 Å².